The van der Waals surface area contributed by atoms with E-state index in [4.69, 9.17) is 0 Å². The molecular weight excluding hydrogens is 196 g/mol. The predicted molar refractivity (Wildman–Crippen MR) is 60.6 cm³/mol. The van der Waals surface area contributed by atoms with Crippen LogP contribution in [-0.2, 0) is 4.79 Å². The summed E-state index contributed by atoms with van der Waals surface area (Å²) in [6.07, 6.45) is 1.99. The summed E-state index contributed by atoms with van der Waals surface area (Å²) in [6.45, 7) is 0. The largest absolute Gasteiger partial charge is 0.273 e. The van der Waals surface area contributed by atoms with Gasteiger partial charge in [0.25, 0.3) is 0 Å². The van der Waals surface area contributed by atoms with Crippen molar-refractivity contribution in [1.29, 1.82) is 0 Å². The Morgan fingerprint density at radius 1 is 1.43 bits per heavy atom. The standard InChI is InChI=1S/C10H12N2OS/c13-10(6-7-14)12-11-8-9-4-2-1-3-5-9/h1-5,8,14H,6-7H2,(H,12,13). The first-order valence-corrected chi connectivity index (χ1v) is 4.94. The highest BCUT2D eigenvalue weighted by Crippen LogP contribution is 1.93. The van der Waals surface area contributed by atoms with Gasteiger partial charge in [-0.2, -0.15) is 17.7 Å². The highest BCUT2D eigenvalue weighted by molar-refractivity contribution is 7.80. The molecule has 1 aromatic carbocycles. The molecule has 74 valence electrons. The van der Waals surface area contributed by atoms with Gasteiger partial charge in [0.05, 0.1) is 6.21 Å². The third-order valence-electron chi connectivity index (χ3n) is 1.54. The third-order valence-corrected chi connectivity index (χ3v) is 1.76. The lowest BCUT2D eigenvalue weighted by Gasteiger charge is -1.95. The van der Waals surface area contributed by atoms with Crippen molar-refractivity contribution in [2.75, 3.05) is 5.75 Å². The normalized spacial score (nSPS) is 10.4. The van der Waals surface area contributed by atoms with E-state index in [-0.39, 0.29) is 5.91 Å². The quantitative estimate of drug-likeness (QED) is 0.439. The number of hydrazone groups is 1. The number of carbonyl (C=O) groups is 1. The predicted octanol–water partition coefficient (Wildman–Crippen LogP) is 1.46. The summed E-state index contributed by atoms with van der Waals surface area (Å²) in [5.74, 6) is 0.416. The van der Waals surface area contributed by atoms with Gasteiger partial charge in [0, 0.05) is 6.42 Å². The molecule has 0 aliphatic heterocycles. The van der Waals surface area contributed by atoms with Crippen LogP contribution < -0.4 is 5.43 Å². The molecule has 1 amide bonds. The third kappa shape index (κ3) is 4.09. The van der Waals surface area contributed by atoms with Crippen molar-refractivity contribution in [3.8, 4) is 0 Å². The summed E-state index contributed by atoms with van der Waals surface area (Å²) in [5, 5.41) is 3.80. The lowest BCUT2D eigenvalue weighted by Crippen LogP contribution is -2.17. The number of carbonyl (C=O) groups excluding carboxylic acids is 1. The molecule has 0 bridgehead atoms. The van der Waals surface area contributed by atoms with Gasteiger partial charge in [-0.25, -0.2) is 5.43 Å². The average molecular weight is 208 g/mol. The van der Waals surface area contributed by atoms with Crippen LogP contribution >= 0.6 is 12.6 Å². The van der Waals surface area contributed by atoms with E-state index in [1.807, 2.05) is 30.3 Å². The first kappa shape index (κ1) is 10.8. The Balaban J connectivity index is 2.38. The Labute approximate surface area is 88.6 Å². The molecular formula is C10H12N2OS. The maximum absolute atomic E-state index is 11.0. The van der Waals surface area contributed by atoms with Gasteiger partial charge < -0.3 is 0 Å². The molecule has 0 atom stereocenters. The SMILES string of the molecule is O=C(CCS)NN=Cc1ccccc1. The van der Waals surface area contributed by atoms with Crippen LogP contribution in [0.2, 0.25) is 0 Å². The van der Waals surface area contributed by atoms with Crippen molar-refractivity contribution in [3.63, 3.8) is 0 Å². The summed E-state index contributed by atoms with van der Waals surface area (Å²) in [4.78, 5) is 11.0. The van der Waals surface area contributed by atoms with Crippen LogP contribution in [0, 0.1) is 0 Å². The van der Waals surface area contributed by atoms with Crippen molar-refractivity contribution < 1.29 is 4.79 Å². The molecule has 1 rings (SSSR count). The van der Waals surface area contributed by atoms with Crippen LogP contribution in [0.5, 0.6) is 0 Å². The number of benzene rings is 1. The second-order valence-electron chi connectivity index (χ2n) is 2.68. The molecule has 0 aliphatic rings. The van der Waals surface area contributed by atoms with Gasteiger partial charge >= 0.3 is 0 Å². The Morgan fingerprint density at radius 2 is 2.14 bits per heavy atom. The lowest BCUT2D eigenvalue weighted by molar-refractivity contribution is -0.120. The topological polar surface area (TPSA) is 41.5 Å². The average Bonchev–Trinajstić information content (AvgIpc) is 2.20. The maximum atomic E-state index is 11.0. The second-order valence-corrected chi connectivity index (χ2v) is 3.12. The number of nitrogens with zero attached hydrogens (tertiary/aromatic N) is 1. The molecule has 0 saturated heterocycles. The van der Waals surface area contributed by atoms with E-state index < -0.39 is 0 Å². The molecule has 0 aromatic heterocycles. The molecule has 0 aliphatic carbocycles. The van der Waals surface area contributed by atoms with Gasteiger partial charge in [-0.05, 0) is 11.3 Å². The summed E-state index contributed by atoms with van der Waals surface area (Å²) in [6, 6.07) is 9.58. The number of thiol groups is 1. The Hall–Kier alpha value is -1.29. The van der Waals surface area contributed by atoms with E-state index in [1.54, 1.807) is 6.21 Å². The molecule has 0 heterocycles. The van der Waals surface area contributed by atoms with Crippen molar-refractivity contribution in [3.05, 3.63) is 35.9 Å². The molecule has 0 unspecified atom stereocenters. The molecule has 1 N–H and O–H groups in total. The zero-order valence-electron chi connectivity index (χ0n) is 7.68. The molecule has 0 spiro atoms. The Kier molecular flexibility index (Phi) is 4.78. The lowest BCUT2D eigenvalue weighted by atomic mass is 10.2. The van der Waals surface area contributed by atoms with Crippen molar-refractivity contribution in [2.24, 2.45) is 5.10 Å². The molecule has 0 fully saturated rings. The van der Waals surface area contributed by atoms with E-state index in [2.05, 4.69) is 23.2 Å². The molecule has 0 saturated carbocycles. The highest BCUT2D eigenvalue weighted by atomic mass is 32.1. The molecule has 1 aromatic rings. The van der Waals surface area contributed by atoms with E-state index in [0.29, 0.717) is 12.2 Å². The van der Waals surface area contributed by atoms with Gasteiger partial charge in [-0.15, -0.1) is 0 Å². The fourth-order valence-electron chi connectivity index (χ4n) is 0.875. The molecule has 0 radical (unpaired) electrons. The number of hydrogen-bond acceptors (Lipinski definition) is 3. The zero-order chi connectivity index (χ0) is 10.2. The van der Waals surface area contributed by atoms with Crippen molar-refractivity contribution >= 4 is 24.8 Å². The summed E-state index contributed by atoms with van der Waals surface area (Å²) in [5.41, 5.74) is 3.37. The fourth-order valence-corrected chi connectivity index (χ4v) is 1.08. The molecule has 3 nitrogen and oxygen atoms in total. The van der Waals surface area contributed by atoms with E-state index >= 15 is 0 Å². The van der Waals surface area contributed by atoms with Crippen LogP contribution in [0.25, 0.3) is 0 Å². The summed E-state index contributed by atoms with van der Waals surface area (Å²) < 4.78 is 0. The maximum Gasteiger partial charge on any atom is 0.240 e. The minimum Gasteiger partial charge on any atom is -0.273 e. The molecule has 14 heavy (non-hydrogen) atoms. The fraction of sp³-hybridized carbons (Fsp3) is 0.200. The first-order valence-electron chi connectivity index (χ1n) is 4.31. The highest BCUT2D eigenvalue weighted by Gasteiger charge is 1.94. The number of rotatable bonds is 4. The second kappa shape index (κ2) is 6.21. The van der Waals surface area contributed by atoms with E-state index in [1.165, 1.54) is 0 Å². The minimum atomic E-state index is -0.118. The first-order chi connectivity index (χ1) is 6.83. The van der Waals surface area contributed by atoms with Crippen LogP contribution in [0.4, 0.5) is 0 Å². The number of amides is 1. The van der Waals surface area contributed by atoms with Crippen molar-refractivity contribution in [2.45, 2.75) is 6.42 Å². The van der Waals surface area contributed by atoms with Gasteiger partial charge in [0.15, 0.2) is 0 Å². The molecule has 4 heteroatoms. The smallest absolute Gasteiger partial charge is 0.240 e. The van der Waals surface area contributed by atoms with Crippen molar-refractivity contribution in [1.82, 2.24) is 5.43 Å². The Bertz CT molecular complexity index is 311. The van der Waals surface area contributed by atoms with Gasteiger partial charge in [-0.3, -0.25) is 4.79 Å². The van der Waals surface area contributed by atoms with Crippen LogP contribution in [-0.4, -0.2) is 17.9 Å². The number of hydrogen-bond donors (Lipinski definition) is 2. The summed E-state index contributed by atoms with van der Waals surface area (Å²) >= 11 is 3.94. The number of nitrogens with one attached hydrogen (secondary N) is 1. The zero-order valence-corrected chi connectivity index (χ0v) is 8.58. The van der Waals surface area contributed by atoms with Gasteiger partial charge in [0.2, 0.25) is 5.91 Å². The minimum absolute atomic E-state index is 0.118. The monoisotopic (exact) mass is 208 g/mol. The Morgan fingerprint density at radius 3 is 2.79 bits per heavy atom. The van der Waals surface area contributed by atoms with Gasteiger partial charge in [0.1, 0.15) is 0 Å². The van der Waals surface area contributed by atoms with Crippen LogP contribution in [0.15, 0.2) is 35.4 Å². The van der Waals surface area contributed by atoms with Gasteiger partial charge in [-0.1, -0.05) is 30.3 Å². The van der Waals surface area contributed by atoms with E-state index in [0.717, 1.165) is 5.56 Å². The van der Waals surface area contributed by atoms with E-state index in [9.17, 15) is 4.79 Å². The van der Waals surface area contributed by atoms with Crippen LogP contribution in [0.3, 0.4) is 0 Å². The van der Waals surface area contributed by atoms with Crippen LogP contribution in [0.1, 0.15) is 12.0 Å². The summed E-state index contributed by atoms with van der Waals surface area (Å²) in [7, 11) is 0.